The first kappa shape index (κ1) is 14.7. The predicted molar refractivity (Wildman–Crippen MR) is 82.0 cm³/mol. The highest BCUT2D eigenvalue weighted by atomic mass is 79.9. The van der Waals surface area contributed by atoms with Gasteiger partial charge in [0.15, 0.2) is 0 Å². The van der Waals surface area contributed by atoms with Crippen LogP contribution >= 0.6 is 27.3 Å². The molecule has 19 heavy (non-hydrogen) atoms. The molecule has 0 amide bonds. The molecule has 0 aliphatic heterocycles. The molecule has 0 bridgehead atoms. The average molecular weight is 360 g/mol. The number of likely N-dealkylation sites (N-methyl/N-ethyl adjacent to an activating group) is 1. The molecule has 1 aromatic carbocycles. The number of benzene rings is 1. The van der Waals surface area contributed by atoms with E-state index in [-0.39, 0.29) is 0 Å². The van der Waals surface area contributed by atoms with E-state index in [1.807, 2.05) is 17.5 Å². The van der Waals surface area contributed by atoms with Gasteiger partial charge in [0.2, 0.25) is 10.0 Å². The molecule has 102 valence electrons. The summed E-state index contributed by atoms with van der Waals surface area (Å²) >= 11 is 4.93. The van der Waals surface area contributed by atoms with Crippen molar-refractivity contribution in [2.75, 3.05) is 13.6 Å². The van der Waals surface area contributed by atoms with Crippen LogP contribution in [0.3, 0.4) is 0 Å². The number of hydrogen-bond donors (Lipinski definition) is 0. The number of nitrogens with zero attached hydrogens (tertiary/aromatic N) is 1. The predicted octanol–water partition coefficient (Wildman–Crippen LogP) is 3.37. The largest absolute Gasteiger partial charge is 0.243 e. The van der Waals surface area contributed by atoms with Crippen molar-refractivity contribution in [3.63, 3.8) is 0 Å². The zero-order chi connectivity index (χ0) is 13.9. The first-order chi connectivity index (χ1) is 9.01. The SMILES string of the molecule is CN(CCc1cccs1)S(=O)(=O)c1ccccc1Br. The summed E-state index contributed by atoms with van der Waals surface area (Å²) < 4.78 is 26.8. The van der Waals surface area contributed by atoms with E-state index in [9.17, 15) is 8.42 Å². The molecular formula is C13H14BrNO2S2. The summed E-state index contributed by atoms with van der Waals surface area (Å²) in [5, 5.41) is 2.00. The summed E-state index contributed by atoms with van der Waals surface area (Å²) in [5.41, 5.74) is 0. The van der Waals surface area contributed by atoms with Crippen LogP contribution in [0, 0.1) is 0 Å². The molecular weight excluding hydrogens is 346 g/mol. The lowest BCUT2D eigenvalue weighted by atomic mass is 10.3. The normalized spacial score (nSPS) is 11.9. The summed E-state index contributed by atoms with van der Waals surface area (Å²) in [6.07, 6.45) is 0.734. The van der Waals surface area contributed by atoms with Crippen LogP contribution in [0.15, 0.2) is 51.1 Å². The third-order valence-electron chi connectivity index (χ3n) is 2.78. The molecule has 2 rings (SSSR count). The minimum Gasteiger partial charge on any atom is -0.207 e. The Morgan fingerprint density at radius 1 is 1.21 bits per heavy atom. The average Bonchev–Trinajstić information content (AvgIpc) is 2.89. The van der Waals surface area contributed by atoms with Gasteiger partial charge in [-0.05, 0) is 45.9 Å². The number of hydrogen-bond acceptors (Lipinski definition) is 3. The second-order valence-corrected chi connectivity index (χ2v) is 7.99. The smallest absolute Gasteiger partial charge is 0.207 e. The number of rotatable bonds is 5. The van der Waals surface area contributed by atoms with Gasteiger partial charge in [-0.1, -0.05) is 18.2 Å². The van der Waals surface area contributed by atoms with Crippen molar-refractivity contribution >= 4 is 37.3 Å². The molecule has 0 fully saturated rings. The van der Waals surface area contributed by atoms with E-state index in [2.05, 4.69) is 15.9 Å². The summed E-state index contributed by atoms with van der Waals surface area (Å²) in [7, 11) is -1.82. The first-order valence-electron chi connectivity index (χ1n) is 5.75. The highest BCUT2D eigenvalue weighted by Gasteiger charge is 2.22. The molecule has 0 spiro atoms. The van der Waals surface area contributed by atoms with Crippen molar-refractivity contribution in [3.8, 4) is 0 Å². The Labute approximate surface area is 126 Å². The van der Waals surface area contributed by atoms with E-state index in [0.29, 0.717) is 15.9 Å². The maximum Gasteiger partial charge on any atom is 0.243 e. The van der Waals surface area contributed by atoms with Crippen LogP contribution in [0.2, 0.25) is 0 Å². The van der Waals surface area contributed by atoms with E-state index in [1.54, 1.807) is 42.6 Å². The van der Waals surface area contributed by atoms with E-state index in [1.165, 1.54) is 9.18 Å². The Balaban J connectivity index is 2.13. The van der Waals surface area contributed by atoms with Gasteiger partial charge >= 0.3 is 0 Å². The summed E-state index contributed by atoms with van der Waals surface area (Å²) in [5.74, 6) is 0. The van der Waals surface area contributed by atoms with Gasteiger partial charge in [-0.25, -0.2) is 12.7 Å². The number of thiophene rings is 1. The summed E-state index contributed by atoms with van der Waals surface area (Å²) in [6, 6.07) is 10.9. The second-order valence-electron chi connectivity index (χ2n) is 4.09. The molecule has 1 aromatic heterocycles. The molecule has 0 N–H and O–H groups in total. The van der Waals surface area contributed by atoms with Gasteiger partial charge in [-0.2, -0.15) is 0 Å². The fraction of sp³-hybridized carbons (Fsp3) is 0.231. The van der Waals surface area contributed by atoms with Gasteiger partial charge in [0.1, 0.15) is 0 Å². The summed E-state index contributed by atoms with van der Waals surface area (Å²) in [4.78, 5) is 1.50. The number of halogens is 1. The molecule has 6 heteroatoms. The molecule has 1 heterocycles. The lowest BCUT2D eigenvalue weighted by Gasteiger charge is -2.17. The van der Waals surface area contributed by atoms with Crippen molar-refractivity contribution in [2.24, 2.45) is 0 Å². The maximum absolute atomic E-state index is 12.4. The Hall–Kier alpha value is -0.690. The third-order valence-corrected chi connectivity index (χ3v) is 6.58. The van der Waals surface area contributed by atoms with E-state index in [0.717, 1.165) is 6.42 Å². The van der Waals surface area contributed by atoms with Crippen LogP contribution < -0.4 is 0 Å². The Morgan fingerprint density at radius 3 is 2.58 bits per heavy atom. The fourth-order valence-corrected chi connectivity index (χ4v) is 4.49. The first-order valence-corrected chi connectivity index (χ1v) is 8.86. The molecule has 0 aliphatic carbocycles. The highest BCUT2D eigenvalue weighted by molar-refractivity contribution is 9.10. The molecule has 0 saturated carbocycles. The van der Waals surface area contributed by atoms with Gasteiger partial charge in [-0.3, -0.25) is 0 Å². The molecule has 0 unspecified atom stereocenters. The zero-order valence-electron chi connectivity index (χ0n) is 10.4. The van der Waals surface area contributed by atoms with Gasteiger partial charge in [0.05, 0.1) is 4.90 Å². The van der Waals surface area contributed by atoms with Crippen molar-refractivity contribution in [3.05, 3.63) is 51.1 Å². The molecule has 0 atom stereocenters. The highest BCUT2D eigenvalue weighted by Crippen LogP contribution is 2.24. The van der Waals surface area contributed by atoms with E-state index in [4.69, 9.17) is 0 Å². The topological polar surface area (TPSA) is 37.4 Å². The Bertz CT molecular complexity index is 638. The van der Waals surface area contributed by atoms with Crippen LogP contribution in [0.4, 0.5) is 0 Å². The molecule has 0 saturated heterocycles. The molecule has 0 radical (unpaired) electrons. The van der Waals surface area contributed by atoms with Gasteiger partial charge in [0.25, 0.3) is 0 Å². The van der Waals surface area contributed by atoms with Crippen LogP contribution in [0.1, 0.15) is 4.88 Å². The minimum absolute atomic E-state index is 0.309. The lowest BCUT2D eigenvalue weighted by molar-refractivity contribution is 0.473. The van der Waals surface area contributed by atoms with Crippen molar-refractivity contribution < 1.29 is 8.42 Å². The van der Waals surface area contributed by atoms with Crippen molar-refractivity contribution in [1.82, 2.24) is 4.31 Å². The molecule has 2 aromatic rings. The van der Waals surface area contributed by atoms with Crippen LogP contribution in [0.25, 0.3) is 0 Å². The quantitative estimate of drug-likeness (QED) is 0.820. The van der Waals surface area contributed by atoms with Crippen LogP contribution in [0.5, 0.6) is 0 Å². The van der Waals surface area contributed by atoms with Crippen LogP contribution in [-0.2, 0) is 16.4 Å². The third kappa shape index (κ3) is 3.45. The fourth-order valence-electron chi connectivity index (χ4n) is 1.66. The van der Waals surface area contributed by atoms with Crippen molar-refractivity contribution in [2.45, 2.75) is 11.3 Å². The lowest BCUT2D eigenvalue weighted by Crippen LogP contribution is -2.29. The van der Waals surface area contributed by atoms with Crippen LogP contribution in [-0.4, -0.2) is 26.3 Å². The maximum atomic E-state index is 12.4. The summed E-state index contributed by atoms with van der Waals surface area (Å²) in [6.45, 7) is 0.476. The Morgan fingerprint density at radius 2 is 1.95 bits per heavy atom. The monoisotopic (exact) mass is 359 g/mol. The van der Waals surface area contributed by atoms with E-state index < -0.39 is 10.0 Å². The van der Waals surface area contributed by atoms with Gasteiger partial charge in [-0.15, -0.1) is 11.3 Å². The van der Waals surface area contributed by atoms with E-state index >= 15 is 0 Å². The molecule has 3 nitrogen and oxygen atoms in total. The zero-order valence-corrected chi connectivity index (χ0v) is 13.6. The van der Waals surface area contributed by atoms with Gasteiger partial charge in [0, 0.05) is 22.9 Å². The standard InChI is InChI=1S/C13H14BrNO2S2/c1-15(9-8-11-5-4-10-18-11)19(16,17)13-7-3-2-6-12(13)14/h2-7,10H,8-9H2,1H3. The second kappa shape index (κ2) is 6.17. The molecule has 0 aliphatic rings. The van der Waals surface area contributed by atoms with Gasteiger partial charge < -0.3 is 0 Å². The van der Waals surface area contributed by atoms with Crippen molar-refractivity contribution in [1.29, 1.82) is 0 Å². The Kier molecular flexibility index (Phi) is 4.78. The number of sulfonamides is 1. The minimum atomic E-state index is -3.43.